The van der Waals surface area contributed by atoms with Crippen molar-refractivity contribution in [2.75, 3.05) is 31.0 Å². The number of ether oxygens (including phenoxy) is 2. The van der Waals surface area contributed by atoms with Gasteiger partial charge in [0.05, 0.1) is 35.6 Å². The lowest BCUT2D eigenvalue weighted by atomic mass is 10.1. The van der Waals surface area contributed by atoms with Gasteiger partial charge in [-0.3, -0.25) is 9.59 Å². The monoisotopic (exact) mass is 579 g/mol. The second kappa shape index (κ2) is 11.2. The molecule has 0 saturated carbocycles. The fourth-order valence-electron chi connectivity index (χ4n) is 4.26. The van der Waals surface area contributed by atoms with Crippen LogP contribution in [0.1, 0.15) is 44.5 Å². The first kappa shape index (κ1) is 27.7. The quantitative estimate of drug-likeness (QED) is 0.400. The maximum absolute atomic E-state index is 12.6. The highest BCUT2D eigenvalue weighted by atomic mass is 32.2. The predicted octanol–water partition coefficient (Wildman–Crippen LogP) is 2.33. The van der Waals surface area contributed by atoms with Crippen LogP contribution < -0.4 is 10.1 Å². The second-order valence-corrected chi connectivity index (χ2v) is 12.6. The Bertz CT molecular complexity index is 1630. The lowest BCUT2D eigenvalue weighted by Gasteiger charge is -2.07. The van der Waals surface area contributed by atoms with Crippen LogP contribution in [0, 0.1) is 0 Å². The summed E-state index contributed by atoms with van der Waals surface area (Å²) in [6, 6.07) is 4.91. The van der Waals surface area contributed by atoms with Gasteiger partial charge in [0.25, 0.3) is 5.91 Å². The molecule has 0 radical (unpaired) electrons. The number of nitrogens with zero attached hydrogens (tertiary/aromatic N) is 2. The Balaban J connectivity index is 1.50. The fourth-order valence-corrected chi connectivity index (χ4v) is 7.72. The standard InChI is InChI=1S/C24H25N3O8S3/c1-4-27-15-9-8-13(22(30)34-2)10-17(15)37-24(27)26-19(29)12-38(32,33)11-18(28)25-21-20(23(31)35-3)14-6-5-7-16(14)36-21/h8-10H,4-7,11-12H2,1-3H3,(H,25,28). The first-order valence-corrected chi connectivity index (χ1v) is 15.0. The van der Waals surface area contributed by atoms with E-state index in [1.54, 1.807) is 22.8 Å². The van der Waals surface area contributed by atoms with Gasteiger partial charge >= 0.3 is 11.9 Å². The van der Waals surface area contributed by atoms with Crippen molar-refractivity contribution in [2.24, 2.45) is 4.99 Å². The molecule has 0 unspecified atom stereocenters. The van der Waals surface area contributed by atoms with Crippen molar-refractivity contribution in [1.29, 1.82) is 0 Å². The van der Waals surface area contributed by atoms with Crippen LogP contribution in [0.4, 0.5) is 5.00 Å². The molecule has 4 rings (SSSR count). The third-order valence-electron chi connectivity index (χ3n) is 5.90. The van der Waals surface area contributed by atoms with Gasteiger partial charge in [-0.1, -0.05) is 11.3 Å². The average Bonchev–Trinajstić information content (AvgIpc) is 3.53. The van der Waals surface area contributed by atoms with Crippen LogP contribution >= 0.6 is 22.7 Å². The molecule has 11 nitrogen and oxygen atoms in total. The summed E-state index contributed by atoms with van der Waals surface area (Å²) in [4.78, 5) is 54.5. The summed E-state index contributed by atoms with van der Waals surface area (Å²) in [5.41, 5.74) is 2.14. The molecular weight excluding hydrogens is 554 g/mol. The maximum atomic E-state index is 12.6. The Hall–Kier alpha value is -3.36. The third-order valence-corrected chi connectivity index (χ3v) is 9.54. The van der Waals surface area contributed by atoms with E-state index in [1.165, 1.54) is 25.6 Å². The summed E-state index contributed by atoms with van der Waals surface area (Å²) < 4.78 is 37.3. The van der Waals surface area contributed by atoms with E-state index in [0.717, 1.165) is 40.1 Å². The van der Waals surface area contributed by atoms with Crippen LogP contribution in [0.3, 0.4) is 0 Å². The average molecular weight is 580 g/mol. The molecule has 14 heteroatoms. The number of fused-ring (bicyclic) bond motifs is 2. The molecule has 202 valence electrons. The number of methoxy groups -OCH3 is 2. The van der Waals surface area contributed by atoms with Gasteiger partial charge in [-0.05, 0) is 49.9 Å². The van der Waals surface area contributed by atoms with Crippen molar-refractivity contribution in [3.63, 3.8) is 0 Å². The number of nitrogens with one attached hydrogen (secondary N) is 1. The van der Waals surface area contributed by atoms with Gasteiger partial charge in [0, 0.05) is 11.4 Å². The molecule has 3 aromatic rings. The minimum atomic E-state index is -4.16. The molecule has 0 bridgehead atoms. The van der Waals surface area contributed by atoms with Crippen LogP contribution in [-0.4, -0.2) is 62.5 Å². The SMILES string of the molecule is CCn1c(=NC(=O)CS(=O)(=O)CC(=O)Nc2sc3c(c2C(=O)OC)CCC3)sc2cc(C(=O)OC)ccc21. The fraction of sp³-hybridized carbons (Fsp3) is 0.375. The molecule has 2 amide bonds. The van der Waals surface area contributed by atoms with Crippen molar-refractivity contribution in [3.8, 4) is 0 Å². The van der Waals surface area contributed by atoms with Gasteiger partial charge in [0.15, 0.2) is 14.6 Å². The Kier molecular flexibility index (Phi) is 8.13. The number of esters is 2. The van der Waals surface area contributed by atoms with Gasteiger partial charge in [-0.25, -0.2) is 18.0 Å². The van der Waals surface area contributed by atoms with E-state index in [1.807, 2.05) is 6.92 Å². The summed E-state index contributed by atoms with van der Waals surface area (Å²) in [6.07, 6.45) is 2.34. The molecule has 1 N–H and O–H groups in total. The van der Waals surface area contributed by atoms with E-state index in [9.17, 15) is 27.6 Å². The summed E-state index contributed by atoms with van der Waals surface area (Å²) in [5.74, 6) is -4.79. The first-order chi connectivity index (χ1) is 18.1. The predicted molar refractivity (Wildman–Crippen MR) is 142 cm³/mol. The van der Waals surface area contributed by atoms with Crippen molar-refractivity contribution >= 4 is 71.5 Å². The topological polar surface area (TPSA) is 150 Å². The van der Waals surface area contributed by atoms with E-state index >= 15 is 0 Å². The number of thiophene rings is 1. The number of hydrogen-bond donors (Lipinski definition) is 1. The molecule has 2 aromatic heterocycles. The van der Waals surface area contributed by atoms with E-state index in [2.05, 4.69) is 10.3 Å². The van der Waals surface area contributed by atoms with Crippen LogP contribution in [-0.2, 0) is 48.3 Å². The van der Waals surface area contributed by atoms with Gasteiger partial charge in [-0.15, -0.1) is 11.3 Å². The van der Waals surface area contributed by atoms with E-state index in [0.29, 0.717) is 23.2 Å². The summed E-state index contributed by atoms with van der Waals surface area (Å²) in [5, 5.41) is 2.76. The number of carbonyl (C=O) groups is 4. The highest BCUT2D eigenvalue weighted by molar-refractivity contribution is 7.92. The molecule has 1 aliphatic carbocycles. The molecule has 0 saturated heterocycles. The van der Waals surface area contributed by atoms with E-state index < -0.39 is 45.1 Å². The number of anilines is 1. The van der Waals surface area contributed by atoms with Crippen LogP contribution in [0.5, 0.6) is 0 Å². The normalized spacial score (nSPS) is 13.4. The lowest BCUT2D eigenvalue weighted by Crippen LogP contribution is -2.28. The third kappa shape index (κ3) is 5.71. The largest absolute Gasteiger partial charge is 0.465 e. The van der Waals surface area contributed by atoms with Crippen molar-refractivity contribution in [3.05, 3.63) is 44.6 Å². The zero-order chi connectivity index (χ0) is 27.6. The number of carbonyl (C=O) groups excluding carboxylic acids is 4. The Morgan fingerprint density at radius 2 is 1.79 bits per heavy atom. The number of rotatable bonds is 8. The van der Waals surface area contributed by atoms with Crippen LogP contribution in [0.25, 0.3) is 10.2 Å². The molecule has 38 heavy (non-hydrogen) atoms. The minimum absolute atomic E-state index is 0.248. The van der Waals surface area contributed by atoms with Gasteiger partial charge in [-0.2, -0.15) is 4.99 Å². The van der Waals surface area contributed by atoms with Gasteiger partial charge < -0.3 is 19.4 Å². The van der Waals surface area contributed by atoms with Crippen molar-refractivity contribution in [2.45, 2.75) is 32.7 Å². The minimum Gasteiger partial charge on any atom is -0.465 e. The summed E-state index contributed by atoms with van der Waals surface area (Å²) >= 11 is 2.36. The number of benzene rings is 1. The Morgan fingerprint density at radius 3 is 2.47 bits per heavy atom. The lowest BCUT2D eigenvalue weighted by molar-refractivity contribution is -0.115. The van der Waals surface area contributed by atoms with Gasteiger partial charge in [0.2, 0.25) is 5.91 Å². The number of sulfone groups is 1. The van der Waals surface area contributed by atoms with E-state index in [4.69, 9.17) is 9.47 Å². The van der Waals surface area contributed by atoms with E-state index in [-0.39, 0.29) is 15.4 Å². The highest BCUT2D eigenvalue weighted by Gasteiger charge is 2.29. The highest BCUT2D eigenvalue weighted by Crippen LogP contribution is 2.39. The molecule has 0 atom stereocenters. The number of aromatic nitrogens is 1. The van der Waals surface area contributed by atoms with Gasteiger partial charge in [0.1, 0.15) is 16.5 Å². The maximum Gasteiger partial charge on any atom is 0.341 e. The van der Waals surface area contributed by atoms with Crippen molar-refractivity contribution in [1.82, 2.24) is 4.57 Å². The van der Waals surface area contributed by atoms with Crippen molar-refractivity contribution < 1.29 is 37.1 Å². The number of hydrogen-bond acceptors (Lipinski definition) is 10. The zero-order valence-electron chi connectivity index (χ0n) is 20.9. The van der Waals surface area contributed by atoms with Crippen LogP contribution in [0.15, 0.2) is 23.2 Å². The summed E-state index contributed by atoms with van der Waals surface area (Å²) in [7, 11) is -1.64. The number of aryl methyl sites for hydroxylation is 2. The molecule has 2 heterocycles. The number of thiazole rings is 1. The Labute approximate surface area is 226 Å². The molecule has 0 spiro atoms. The molecule has 0 aliphatic heterocycles. The Morgan fingerprint density at radius 1 is 1.05 bits per heavy atom. The summed E-state index contributed by atoms with van der Waals surface area (Å²) in [6.45, 7) is 2.29. The zero-order valence-corrected chi connectivity index (χ0v) is 23.3. The molecular formula is C24H25N3O8S3. The smallest absolute Gasteiger partial charge is 0.341 e. The first-order valence-electron chi connectivity index (χ1n) is 11.6. The molecule has 1 aromatic carbocycles. The number of amides is 2. The second-order valence-electron chi connectivity index (χ2n) is 8.44. The van der Waals surface area contributed by atoms with Crippen LogP contribution in [0.2, 0.25) is 0 Å². The molecule has 0 fully saturated rings. The molecule has 1 aliphatic rings.